The Balaban J connectivity index is 2.10. The monoisotopic (exact) mass is 308 g/mol. The van der Waals surface area contributed by atoms with Gasteiger partial charge in [-0.25, -0.2) is 4.39 Å². The Kier molecular flexibility index (Phi) is 6.80. The van der Waals surface area contributed by atoms with Crippen LogP contribution in [-0.2, 0) is 4.74 Å². The molecule has 4 heteroatoms. The van der Waals surface area contributed by atoms with E-state index >= 15 is 0 Å². The third-order valence-electron chi connectivity index (χ3n) is 4.54. The summed E-state index contributed by atoms with van der Waals surface area (Å²) >= 11 is 0. The number of nitrogens with one attached hydrogen (secondary N) is 1. The molecule has 2 atom stereocenters. The molecule has 22 heavy (non-hydrogen) atoms. The second-order valence-electron chi connectivity index (χ2n) is 6.39. The van der Waals surface area contributed by atoms with Gasteiger partial charge in [0.1, 0.15) is 5.82 Å². The molecule has 0 unspecified atom stereocenters. The molecule has 1 N–H and O–H groups in total. The summed E-state index contributed by atoms with van der Waals surface area (Å²) < 4.78 is 19.1. The van der Waals surface area contributed by atoms with E-state index in [9.17, 15) is 4.39 Å². The second kappa shape index (κ2) is 8.61. The van der Waals surface area contributed by atoms with Gasteiger partial charge in [-0.15, -0.1) is 0 Å². The van der Waals surface area contributed by atoms with Crippen LogP contribution in [0, 0.1) is 11.7 Å². The first-order chi connectivity index (χ1) is 10.6. The lowest BCUT2D eigenvalue weighted by molar-refractivity contribution is 0.0152. The molecule has 0 saturated carbocycles. The summed E-state index contributed by atoms with van der Waals surface area (Å²) in [6.45, 7) is 10.9. The fourth-order valence-electron chi connectivity index (χ4n) is 3.18. The van der Waals surface area contributed by atoms with E-state index in [1.54, 1.807) is 12.1 Å². The van der Waals surface area contributed by atoms with Crippen LogP contribution in [0.4, 0.5) is 4.39 Å². The Bertz CT molecular complexity index is 446. The Labute approximate surface area is 133 Å². The molecule has 124 valence electrons. The van der Waals surface area contributed by atoms with Crippen molar-refractivity contribution in [2.75, 3.05) is 32.8 Å². The van der Waals surface area contributed by atoms with Gasteiger partial charge in [0.2, 0.25) is 0 Å². The number of hydrogen-bond acceptors (Lipinski definition) is 3. The minimum atomic E-state index is -0.160. The van der Waals surface area contributed by atoms with E-state index in [4.69, 9.17) is 4.74 Å². The molecule has 3 nitrogen and oxygen atoms in total. The van der Waals surface area contributed by atoms with Crippen molar-refractivity contribution >= 4 is 0 Å². The van der Waals surface area contributed by atoms with Crippen molar-refractivity contribution < 1.29 is 9.13 Å². The maximum atomic E-state index is 13.6. The average molecular weight is 308 g/mol. The molecule has 1 fully saturated rings. The molecule has 2 rings (SSSR count). The van der Waals surface area contributed by atoms with Gasteiger partial charge in [-0.2, -0.15) is 0 Å². The van der Waals surface area contributed by atoms with E-state index in [-0.39, 0.29) is 11.9 Å². The highest BCUT2D eigenvalue weighted by atomic mass is 19.1. The van der Waals surface area contributed by atoms with Crippen molar-refractivity contribution in [1.29, 1.82) is 0 Å². The van der Waals surface area contributed by atoms with Crippen molar-refractivity contribution in [3.63, 3.8) is 0 Å². The van der Waals surface area contributed by atoms with Gasteiger partial charge in [0, 0.05) is 31.7 Å². The first-order valence-electron chi connectivity index (χ1n) is 8.42. The van der Waals surface area contributed by atoms with Gasteiger partial charge in [-0.1, -0.05) is 32.9 Å². The predicted octanol–water partition coefficient (Wildman–Crippen LogP) is 3.22. The summed E-state index contributed by atoms with van der Waals surface area (Å²) in [5, 5.41) is 3.68. The molecule has 0 bridgehead atoms. The minimum absolute atomic E-state index is 0.160. The first kappa shape index (κ1) is 17.4. The fourth-order valence-corrected chi connectivity index (χ4v) is 3.18. The van der Waals surface area contributed by atoms with E-state index < -0.39 is 0 Å². The van der Waals surface area contributed by atoms with Crippen LogP contribution in [0.5, 0.6) is 0 Å². The van der Waals surface area contributed by atoms with Gasteiger partial charge in [0.25, 0.3) is 0 Å². The summed E-state index contributed by atoms with van der Waals surface area (Å²) in [5.41, 5.74) is 1.05. The topological polar surface area (TPSA) is 24.5 Å². The predicted molar refractivity (Wildman–Crippen MR) is 88.5 cm³/mol. The molecule has 0 aromatic heterocycles. The highest BCUT2D eigenvalue weighted by Crippen LogP contribution is 2.22. The molecule has 1 heterocycles. The van der Waals surface area contributed by atoms with E-state index in [0.29, 0.717) is 12.0 Å². The molecule has 0 spiro atoms. The van der Waals surface area contributed by atoms with Crippen molar-refractivity contribution in [3.8, 4) is 0 Å². The third-order valence-corrected chi connectivity index (χ3v) is 4.54. The third kappa shape index (κ3) is 4.77. The average Bonchev–Trinajstić information content (AvgIpc) is 2.52. The zero-order chi connectivity index (χ0) is 15.9. The maximum absolute atomic E-state index is 13.6. The molecule has 0 aliphatic carbocycles. The molecule has 0 amide bonds. The minimum Gasteiger partial charge on any atom is -0.379 e. The van der Waals surface area contributed by atoms with E-state index in [2.05, 4.69) is 31.0 Å². The van der Waals surface area contributed by atoms with Crippen LogP contribution < -0.4 is 5.32 Å². The summed E-state index contributed by atoms with van der Waals surface area (Å²) in [5.74, 6) is 0.439. The molecular formula is C18H29FN2O. The highest BCUT2D eigenvalue weighted by Gasteiger charge is 2.24. The number of halogens is 1. The van der Waals surface area contributed by atoms with Gasteiger partial charge in [-0.3, -0.25) is 4.90 Å². The number of hydrogen-bond donors (Lipinski definition) is 1. The molecular weight excluding hydrogens is 279 g/mol. The number of ether oxygens (including phenoxy) is 1. The molecule has 1 aromatic carbocycles. The summed E-state index contributed by atoms with van der Waals surface area (Å²) in [6.07, 6.45) is 1.11. The van der Waals surface area contributed by atoms with Gasteiger partial charge in [0.15, 0.2) is 0 Å². The Hall–Kier alpha value is -0.970. The van der Waals surface area contributed by atoms with Gasteiger partial charge in [0.05, 0.1) is 13.2 Å². The highest BCUT2D eigenvalue weighted by molar-refractivity contribution is 5.21. The SMILES string of the molecule is CC[C@@H](NC[C@@H](c1cccc(F)c1)N1CCOCC1)C(C)C. The Morgan fingerprint density at radius 3 is 2.59 bits per heavy atom. The Morgan fingerprint density at radius 1 is 1.27 bits per heavy atom. The molecule has 1 saturated heterocycles. The van der Waals surface area contributed by atoms with Crippen LogP contribution in [0.25, 0.3) is 0 Å². The molecule has 1 aromatic rings. The Morgan fingerprint density at radius 2 is 2.00 bits per heavy atom. The largest absolute Gasteiger partial charge is 0.379 e. The van der Waals surface area contributed by atoms with Crippen molar-refractivity contribution in [2.45, 2.75) is 39.3 Å². The van der Waals surface area contributed by atoms with E-state index in [1.165, 1.54) is 6.07 Å². The van der Waals surface area contributed by atoms with Crippen LogP contribution >= 0.6 is 0 Å². The summed E-state index contributed by atoms with van der Waals surface area (Å²) in [6, 6.07) is 7.71. The van der Waals surface area contributed by atoms with Crippen LogP contribution in [0.3, 0.4) is 0 Å². The first-order valence-corrected chi connectivity index (χ1v) is 8.42. The smallest absolute Gasteiger partial charge is 0.123 e. The van der Waals surface area contributed by atoms with E-state index in [0.717, 1.165) is 44.8 Å². The van der Waals surface area contributed by atoms with Crippen molar-refractivity contribution in [1.82, 2.24) is 10.2 Å². The maximum Gasteiger partial charge on any atom is 0.123 e. The second-order valence-corrected chi connectivity index (χ2v) is 6.39. The van der Waals surface area contributed by atoms with Gasteiger partial charge < -0.3 is 10.1 Å². The number of morpholine rings is 1. The number of benzene rings is 1. The number of nitrogens with zero attached hydrogens (tertiary/aromatic N) is 1. The molecule has 0 radical (unpaired) electrons. The van der Waals surface area contributed by atoms with Crippen LogP contribution in [0.1, 0.15) is 38.8 Å². The quantitative estimate of drug-likeness (QED) is 0.837. The van der Waals surface area contributed by atoms with Crippen LogP contribution in [-0.4, -0.2) is 43.8 Å². The number of rotatable bonds is 7. The lowest BCUT2D eigenvalue weighted by Gasteiger charge is -2.36. The fraction of sp³-hybridized carbons (Fsp3) is 0.667. The zero-order valence-electron chi connectivity index (χ0n) is 14.0. The standard InChI is InChI=1S/C18H29FN2O/c1-4-17(14(2)3)20-13-18(21-8-10-22-11-9-21)15-6-5-7-16(19)12-15/h5-7,12,14,17-18,20H,4,8-11,13H2,1-3H3/t17-,18+/m1/s1. The molecule has 1 aliphatic rings. The zero-order valence-corrected chi connectivity index (χ0v) is 14.0. The summed E-state index contributed by atoms with van der Waals surface area (Å²) in [7, 11) is 0. The van der Waals surface area contributed by atoms with Gasteiger partial charge in [-0.05, 0) is 30.0 Å². The lowest BCUT2D eigenvalue weighted by atomic mass is 9.99. The normalized spacial score (nSPS) is 19.3. The lowest BCUT2D eigenvalue weighted by Crippen LogP contribution is -2.45. The van der Waals surface area contributed by atoms with Crippen molar-refractivity contribution in [3.05, 3.63) is 35.6 Å². The summed E-state index contributed by atoms with van der Waals surface area (Å²) in [4.78, 5) is 2.40. The van der Waals surface area contributed by atoms with Crippen LogP contribution in [0.15, 0.2) is 24.3 Å². The molecule has 1 aliphatic heterocycles. The van der Waals surface area contributed by atoms with Gasteiger partial charge >= 0.3 is 0 Å². The van der Waals surface area contributed by atoms with E-state index in [1.807, 2.05) is 6.07 Å². The van der Waals surface area contributed by atoms with Crippen molar-refractivity contribution in [2.24, 2.45) is 5.92 Å². The van der Waals surface area contributed by atoms with Crippen LogP contribution in [0.2, 0.25) is 0 Å².